The van der Waals surface area contributed by atoms with Crippen molar-refractivity contribution in [1.82, 2.24) is 0 Å². The topological polar surface area (TPSA) is 27.0 Å². The van der Waals surface area contributed by atoms with Crippen molar-refractivity contribution in [3.8, 4) is 6.07 Å². The summed E-state index contributed by atoms with van der Waals surface area (Å²) in [5.41, 5.74) is 2.94. The molecule has 3 rings (SSSR count). The number of hydrogen-bond acceptors (Lipinski definition) is 2. The number of nitrogens with zero attached hydrogens (tertiary/aromatic N) is 2. The zero-order chi connectivity index (χ0) is 13.9. The van der Waals surface area contributed by atoms with E-state index in [9.17, 15) is 5.26 Å². The number of rotatable bonds is 2. The van der Waals surface area contributed by atoms with E-state index in [1.165, 1.54) is 0 Å². The minimum absolute atomic E-state index is 0.714. The molecule has 0 N–H and O–H groups in total. The van der Waals surface area contributed by atoms with Gasteiger partial charge in [-0.3, -0.25) is 0 Å². The van der Waals surface area contributed by atoms with Gasteiger partial charge in [0.05, 0.1) is 11.6 Å². The zero-order valence-corrected chi connectivity index (χ0v) is 11.2. The van der Waals surface area contributed by atoms with Crippen LogP contribution in [0, 0.1) is 11.3 Å². The smallest absolute Gasteiger partial charge is 0.0998 e. The molecule has 0 radical (unpaired) electrons. The minimum atomic E-state index is 0.714. The lowest BCUT2D eigenvalue weighted by Crippen LogP contribution is -2.09. The Hall–Kier alpha value is -2.79. The van der Waals surface area contributed by atoms with Gasteiger partial charge in [-0.15, -0.1) is 0 Å². The van der Waals surface area contributed by atoms with E-state index in [-0.39, 0.29) is 0 Å². The van der Waals surface area contributed by atoms with Crippen LogP contribution in [0.2, 0.25) is 0 Å². The van der Waals surface area contributed by atoms with E-state index in [1.54, 1.807) is 0 Å². The Morgan fingerprint density at radius 3 is 2.15 bits per heavy atom. The van der Waals surface area contributed by atoms with Crippen LogP contribution in [-0.2, 0) is 0 Å². The summed E-state index contributed by atoms with van der Waals surface area (Å²) >= 11 is 0. The maximum absolute atomic E-state index is 9.22. The molecule has 2 nitrogen and oxygen atoms in total. The summed E-state index contributed by atoms with van der Waals surface area (Å²) in [4.78, 5) is 2.14. The van der Waals surface area contributed by atoms with E-state index in [1.807, 2.05) is 55.6 Å². The van der Waals surface area contributed by atoms with Gasteiger partial charge in [0, 0.05) is 29.2 Å². The van der Waals surface area contributed by atoms with Crippen molar-refractivity contribution in [2.75, 3.05) is 11.9 Å². The van der Waals surface area contributed by atoms with Gasteiger partial charge in [0.1, 0.15) is 0 Å². The quantitative estimate of drug-likeness (QED) is 0.677. The lowest BCUT2D eigenvalue weighted by atomic mass is 10.0. The Morgan fingerprint density at radius 2 is 1.45 bits per heavy atom. The molecular weight excluding hydrogens is 244 g/mol. The van der Waals surface area contributed by atoms with Crippen LogP contribution in [0.15, 0.2) is 66.7 Å². The molecule has 3 aromatic rings. The molecule has 0 aromatic heterocycles. The van der Waals surface area contributed by atoms with Crippen LogP contribution in [0.5, 0.6) is 0 Å². The number of nitriles is 1. The van der Waals surface area contributed by atoms with E-state index in [4.69, 9.17) is 0 Å². The summed E-state index contributed by atoms with van der Waals surface area (Å²) in [6.45, 7) is 0. The molecule has 20 heavy (non-hydrogen) atoms. The third-order valence-electron chi connectivity index (χ3n) is 3.53. The number of benzene rings is 3. The van der Waals surface area contributed by atoms with Gasteiger partial charge in [0.25, 0.3) is 0 Å². The highest BCUT2D eigenvalue weighted by Crippen LogP contribution is 2.32. The highest BCUT2D eigenvalue weighted by molar-refractivity contribution is 5.99. The monoisotopic (exact) mass is 258 g/mol. The maximum atomic E-state index is 9.22. The molecule has 0 saturated heterocycles. The number of anilines is 2. The second-order valence-electron chi connectivity index (χ2n) is 4.68. The lowest BCUT2D eigenvalue weighted by Gasteiger charge is -2.21. The fourth-order valence-electron chi connectivity index (χ4n) is 2.46. The molecule has 0 unspecified atom stereocenters. The lowest BCUT2D eigenvalue weighted by molar-refractivity contribution is 1.22. The predicted molar refractivity (Wildman–Crippen MR) is 83.2 cm³/mol. The third-order valence-corrected chi connectivity index (χ3v) is 3.53. The van der Waals surface area contributed by atoms with Gasteiger partial charge in [0.2, 0.25) is 0 Å². The average molecular weight is 258 g/mol. The van der Waals surface area contributed by atoms with Crippen molar-refractivity contribution in [3.05, 3.63) is 72.3 Å². The van der Waals surface area contributed by atoms with Crippen LogP contribution in [0.4, 0.5) is 11.4 Å². The van der Waals surface area contributed by atoms with Crippen LogP contribution in [0.1, 0.15) is 5.56 Å². The molecule has 2 heteroatoms. The summed E-state index contributed by atoms with van der Waals surface area (Å²) in [5, 5.41) is 11.3. The second kappa shape index (κ2) is 5.07. The highest BCUT2D eigenvalue weighted by atomic mass is 15.1. The molecule has 0 spiro atoms. The van der Waals surface area contributed by atoms with Crippen LogP contribution < -0.4 is 4.90 Å². The second-order valence-corrected chi connectivity index (χ2v) is 4.68. The van der Waals surface area contributed by atoms with Crippen LogP contribution in [0.25, 0.3) is 10.8 Å². The standard InChI is InChI=1S/C18H14N2/c1-20(15-7-3-2-4-8-15)18-12-11-14(13-19)16-9-5-6-10-17(16)18/h2-12H,1H3. The number of para-hydroxylation sites is 1. The first-order chi connectivity index (χ1) is 9.81. The molecule has 3 aromatic carbocycles. The number of fused-ring (bicyclic) bond motifs is 1. The summed E-state index contributed by atoms with van der Waals surface area (Å²) < 4.78 is 0. The van der Waals surface area contributed by atoms with Crippen molar-refractivity contribution in [2.24, 2.45) is 0 Å². The summed E-state index contributed by atoms with van der Waals surface area (Å²) in [7, 11) is 2.04. The Labute approximate surface area is 118 Å². The van der Waals surface area contributed by atoms with Gasteiger partial charge in [-0.05, 0) is 24.3 Å². The first kappa shape index (κ1) is 12.3. The first-order valence-electron chi connectivity index (χ1n) is 6.52. The van der Waals surface area contributed by atoms with E-state index in [2.05, 4.69) is 29.2 Å². The largest absolute Gasteiger partial charge is 0.344 e. The third kappa shape index (κ3) is 2.00. The van der Waals surface area contributed by atoms with Gasteiger partial charge >= 0.3 is 0 Å². The molecule has 0 aliphatic heterocycles. The zero-order valence-electron chi connectivity index (χ0n) is 11.2. The van der Waals surface area contributed by atoms with Crippen molar-refractivity contribution in [2.45, 2.75) is 0 Å². The average Bonchev–Trinajstić information content (AvgIpc) is 2.54. The molecule has 0 aliphatic rings. The Bertz CT molecular complexity index is 785. The van der Waals surface area contributed by atoms with Gasteiger partial charge in [-0.2, -0.15) is 5.26 Å². The summed E-state index contributed by atoms with van der Waals surface area (Å²) in [6, 6.07) is 24.4. The van der Waals surface area contributed by atoms with Crippen LogP contribution in [0.3, 0.4) is 0 Å². The maximum Gasteiger partial charge on any atom is 0.0998 e. The molecule has 0 atom stereocenters. The number of hydrogen-bond donors (Lipinski definition) is 0. The first-order valence-corrected chi connectivity index (χ1v) is 6.52. The van der Waals surface area contributed by atoms with Gasteiger partial charge in [0.15, 0.2) is 0 Å². The molecular formula is C18H14N2. The molecule has 0 aliphatic carbocycles. The summed E-state index contributed by atoms with van der Waals surface area (Å²) in [5.74, 6) is 0. The highest BCUT2D eigenvalue weighted by Gasteiger charge is 2.10. The van der Waals surface area contributed by atoms with Gasteiger partial charge in [-0.1, -0.05) is 42.5 Å². The molecule has 0 fully saturated rings. The molecule has 96 valence electrons. The Kier molecular flexibility index (Phi) is 3.10. The normalized spacial score (nSPS) is 10.2. The Balaban J connectivity index is 2.21. The van der Waals surface area contributed by atoms with Crippen molar-refractivity contribution in [1.29, 1.82) is 5.26 Å². The van der Waals surface area contributed by atoms with Crippen LogP contribution in [-0.4, -0.2) is 7.05 Å². The van der Waals surface area contributed by atoms with E-state index in [0.717, 1.165) is 22.1 Å². The van der Waals surface area contributed by atoms with Crippen LogP contribution >= 0.6 is 0 Å². The molecule has 0 saturated carbocycles. The van der Waals surface area contributed by atoms with E-state index in [0.29, 0.717) is 5.56 Å². The SMILES string of the molecule is CN(c1ccccc1)c1ccc(C#N)c2ccccc12. The molecule has 0 amide bonds. The van der Waals surface area contributed by atoms with Gasteiger partial charge in [-0.25, -0.2) is 0 Å². The van der Waals surface area contributed by atoms with E-state index < -0.39 is 0 Å². The van der Waals surface area contributed by atoms with Crippen molar-refractivity contribution < 1.29 is 0 Å². The molecule has 0 heterocycles. The summed E-state index contributed by atoms with van der Waals surface area (Å²) in [6.07, 6.45) is 0. The fourth-order valence-corrected chi connectivity index (χ4v) is 2.46. The van der Waals surface area contributed by atoms with Crippen molar-refractivity contribution in [3.63, 3.8) is 0 Å². The van der Waals surface area contributed by atoms with E-state index >= 15 is 0 Å². The van der Waals surface area contributed by atoms with Crippen molar-refractivity contribution >= 4 is 22.1 Å². The predicted octanol–water partition coefficient (Wildman–Crippen LogP) is 4.48. The van der Waals surface area contributed by atoms with Gasteiger partial charge < -0.3 is 4.90 Å². The minimum Gasteiger partial charge on any atom is -0.344 e. The molecule has 0 bridgehead atoms. The fraction of sp³-hybridized carbons (Fsp3) is 0.0556. The Morgan fingerprint density at radius 1 is 0.800 bits per heavy atom.